The number of hydrogen-bond donors (Lipinski definition) is 0. The van der Waals surface area contributed by atoms with Crippen LogP contribution in [-0.2, 0) is 13.6 Å². The molecule has 1 aromatic carbocycles. The predicted molar refractivity (Wildman–Crippen MR) is 95.8 cm³/mol. The van der Waals surface area contributed by atoms with E-state index in [1.807, 2.05) is 0 Å². The summed E-state index contributed by atoms with van der Waals surface area (Å²) in [6.07, 6.45) is 5.36. The van der Waals surface area contributed by atoms with Gasteiger partial charge in [-0.2, -0.15) is 0 Å². The van der Waals surface area contributed by atoms with Crippen LogP contribution in [0.15, 0.2) is 24.3 Å². The molecule has 1 aliphatic rings. The van der Waals surface area contributed by atoms with Gasteiger partial charge in [-0.25, -0.2) is 4.90 Å². The summed E-state index contributed by atoms with van der Waals surface area (Å²) < 4.78 is 23.6. The second-order valence-electron chi connectivity index (χ2n) is 6.01. The molecule has 0 saturated carbocycles. The molecule has 2 amide bonds. The Hall–Kier alpha value is -1.49. The number of unbranched alkanes of at least 4 members (excludes halogenated alkanes) is 4. The average Bonchev–Trinajstić information content (AvgIpc) is 2.85. The second-order valence-corrected chi connectivity index (χ2v) is 8.19. The Kier molecular flexibility index (Phi) is 7.36. The quantitative estimate of drug-likeness (QED) is 0.328. The third-order valence-corrected chi connectivity index (χ3v) is 6.15. The number of hydrogen-bond acceptors (Lipinski definition) is 5. The van der Waals surface area contributed by atoms with Crippen LogP contribution >= 0.6 is 7.60 Å². The van der Waals surface area contributed by atoms with Gasteiger partial charge >= 0.3 is 7.60 Å². The largest absolute Gasteiger partial charge is 0.332 e. The van der Waals surface area contributed by atoms with Gasteiger partial charge in [0, 0.05) is 0 Å². The molecule has 1 heterocycles. The molecule has 1 unspecified atom stereocenters. The van der Waals surface area contributed by atoms with Crippen molar-refractivity contribution < 1.29 is 23.2 Å². The van der Waals surface area contributed by atoms with Gasteiger partial charge < -0.3 is 4.52 Å². The monoisotopic (exact) mass is 367 g/mol. The van der Waals surface area contributed by atoms with Crippen molar-refractivity contribution in [1.82, 2.24) is 4.90 Å². The average molecular weight is 367 g/mol. The van der Waals surface area contributed by atoms with Crippen molar-refractivity contribution >= 4 is 19.4 Å². The normalized spacial score (nSPS) is 16.2. The first-order valence-electron chi connectivity index (χ1n) is 8.85. The number of nitrogens with zero attached hydrogens (tertiary/aromatic N) is 1. The Bertz CT molecular complexity index is 626. The van der Waals surface area contributed by atoms with E-state index >= 15 is 0 Å². The zero-order chi connectivity index (χ0) is 18.3. The first-order valence-corrected chi connectivity index (χ1v) is 10.6. The van der Waals surface area contributed by atoms with Crippen LogP contribution in [0.2, 0.25) is 0 Å². The van der Waals surface area contributed by atoms with E-state index < -0.39 is 19.4 Å². The van der Waals surface area contributed by atoms with Gasteiger partial charge in [0.2, 0.25) is 0 Å². The Morgan fingerprint density at radius 2 is 1.52 bits per heavy atom. The third kappa shape index (κ3) is 5.00. The highest BCUT2D eigenvalue weighted by molar-refractivity contribution is 7.53. The fourth-order valence-corrected chi connectivity index (χ4v) is 4.40. The highest BCUT2D eigenvalue weighted by Crippen LogP contribution is 2.49. The number of imide groups is 1. The SMILES string of the molecule is CCCCCCCP(=O)(OCC)OCN1C(=O)c2ccccc2C1=O. The molecule has 0 fully saturated rings. The predicted octanol–water partition coefficient (Wildman–Crippen LogP) is 4.46. The Balaban J connectivity index is 1.94. The first-order chi connectivity index (χ1) is 12.0. The van der Waals surface area contributed by atoms with Crippen LogP contribution in [0.5, 0.6) is 0 Å². The third-order valence-electron chi connectivity index (χ3n) is 4.12. The first kappa shape index (κ1) is 19.8. The van der Waals surface area contributed by atoms with E-state index in [2.05, 4.69) is 6.92 Å². The Morgan fingerprint density at radius 3 is 2.08 bits per heavy atom. The molecule has 138 valence electrons. The van der Waals surface area contributed by atoms with Crippen molar-refractivity contribution in [2.24, 2.45) is 0 Å². The second kappa shape index (κ2) is 9.27. The molecule has 0 spiro atoms. The highest BCUT2D eigenvalue weighted by atomic mass is 31.2. The summed E-state index contributed by atoms with van der Waals surface area (Å²) in [6, 6.07) is 6.61. The molecule has 0 N–H and O–H groups in total. The van der Waals surface area contributed by atoms with Gasteiger partial charge in [-0.3, -0.25) is 18.7 Å². The van der Waals surface area contributed by atoms with Gasteiger partial charge in [0.05, 0.1) is 23.9 Å². The highest BCUT2D eigenvalue weighted by Gasteiger charge is 2.37. The van der Waals surface area contributed by atoms with Crippen LogP contribution in [0.3, 0.4) is 0 Å². The van der Waals surface area contributed by atoms with Gasteiger partial charge in [-0.1, -0.05) is 44.7 Å². The number of benzene rings is 1. The maximum absolute atomic E-state index is 12.8. The minimum Gasteiger partial charge on any atom is -0.309 e. The molecule has 6 nitrogen and oxygen atoms in total. The van der Waals surface area contributed by atoms with Crippen LogP contribution in [0, 0.1) is 0 Å². The van der Waals surface area contributed by atoms with Crippen molar-refractivity contribution in [3.63, 3.8) is 0 Å². The van der Waals surface area contributed by atoms with E-state index in [9.17, 15) is 14.2 Å². The molecule has 1 aromatic rings. The molecular formula is C18H26NO5P. The van der Waals surface area contributed by atoms with E-state index in [-0.39, 0.29) is 13.3 Å². The van der Waals surface area contributed by atoms with Gasteiger partial charge in [-0.15, -0.1) is 0 Å². The lowest BCUT2D eigenvalue weighted by atomic mass is 10.1. The zero-order valence-corrected chi connectivity index (χ0v) is 15.8. The molecule has 0 bridgehead atoms. The number of rotatable bonds is 11. The van der Waals surface area contributed by atoms with Crippen molar-refractivity contribution in [2.45, 2.75) is 46.0 Å². The standard InChI is InChI=1S/C18H26NO5P/c1-3-5-6-7-10-13-25(22,23-4-2)24-14-19-17(20)15-11-8-9-12-16(15)18(19)21/h8-9,11-12H,3-7,10,13-14H2,1-2H3. The van der Waals surface area contributed by atoms with Crippen LogP contribution in [0.4, 0.5) is 0 Å². The number of carbonyl (C=O) groups excluding carboxylic acids is 2. The fraction of sp³-hybridized carbons (Fsp3) is 0.556. The summed E-state index contributed by atoms with van der Waals surface area (Å²) in [5, 5.41) is 0. The lowest BCUT2D eigenvalue weighted by molar-refractivity contribution is 0.0498. The van der Waals surface area contributed by atoms with Crippen LogP contribution in [0.1, 0.15) is 66.7 Å². The van der Waals surface area contributed by atoms with E-state index in [1.165, 1.54) is 0 Å². The van der Waals surface area contributed by atoms with Gasteiger partial charge in [-0.05, 0) is 25.5 Å². The summed E-state index contributed by atoms with van der Waals surface area (Å²) in [5.74, 6) is -0.849. The maximum atomic E-state index is 12.8. The lowest BCUT2D eigenvalue weighted by Crippen LogP contribution is -2.32. The minimum atomic E-state index is -3.31. The molecule has 25 heavy (non-hydrogen) atoms. The topological polar surface area (TPSA) is 72.9 Å². The van der Waals surface area contributed by atoms with Crippen molar-refractivity contribution in [2.75, 3.05) is 19.5 Å². The molecular weight excluding hydrogens is 341 g/mol. The smallest absolute Gasteiger partial charge is 0.309 e. The minimum absolute atomic E-state index is 0.258. The number of fused-ring (bicyclic) bond motifs is 1. The number of carbonyl (C=O) groups is 2. The maximum Gasteiger partial charge on any atom is 0.332 e. The van der Waals surface area contributed by atoms with Crippen molar-refractivity contribution in [3.05, 3.63) is 35.4 Å². The summed E-state index contributed by atoms with van der Waals surface area (Å²) in [6.45, 7) is 3.79. The Morgan fingerprint density at radius 1 is 0.920 bits per heavy atom. The molecule has 0 aliphatic carbocycles. The lowest BCUT2D eigenvalue weighted by Gasteiger charge is -2.21. The van der Waals surface area contributed by atoms with Crippen LogP contribution < -0.4 is 0 Å². The van der Waals surface area contributed by atoms with Gasteiger partial charge in [0.15, 0.2) is 0 Å². The molecule has 0 aromatic heterocycles. The summed E-state index contributed by atoms with van der Waals surface area (Å²) in [5.41, 5.74) is 0.698. The molecule has 7 heteroatoms. The molecule has 0 radical (unpaired) electrons. The van der Waals surface area contributed by atoms with E-state index in [0.29, 0.717) is 17.3 Å². The zero-order valence-electron chi connectivity index (χ0n) is 14.9. The molecule has 2 rings (SSSR count). The van der Waals surface area contributed by atoms with Crippen molar-refractivity contribution in [3.8, 4) is 0 Å². The summed E-state index contributed by atoms with van der Waals surface area (Å²) >= 11 is 0. The fourth-order valence-electron chi connectivity index (χ4n) is 2.77. The van der Waals surface area contributed by atoms with Gasteiger partial charge in [0.1, 0.15) is 6.73 Å². The van der Waals surface area contributed by atoms with Crippen molar-refractivity contribution in [1.29, 1.82) is 0 Å². The van der Waals surface area contributed by atoms with Crippen LogP contribution in [0.25, 0.3) is 0 Å². The summed E-state index contributed by atoms with van der Waals surface area (Å²) in [4.78, 5) is 25.6. The van der Waals surface area contributed by atoms with Crippen LogP contribution in [-0.4, -0.2) is 36.2 Å². The van der Waals surface area contributed by atoms with E-state index in [1.54, 1.807) is 31.2 Å². The molecule has 1 atom stereocenters. The van der Waals surface area contributed by atoms with Gasteiger partial charge in [0.25, 0.3) is 11.8 Å². The summed E-state index contributed by atoms with van der Waals surface area (Å²) in [7, 11) is -3.31. The molecule has 1 aliphatic heterocycles. The van der Waals surface area contributed by atoms with E-state index in [0.717, 1.165) is 37.0 Å². The van der Waals surface area contributed by atoms with E-state index in [4.69, 9.17) is 9.05 Å². The molecule has 0 saturated heterocycles. The Labute approximate surface area is 149 Å². The number of amides is 2.